The van der Waals surface area contributed by atoms with E-state index in [0.29, 0.717) is 16.7 Å². The third-order valence-corrected chi connectivity index (χ3v) is 6.82. The van der Waals surface area contributed by atoms with Crippen LogP contribution in [0.4, 0.5) is 4.39 Å². The number of hydrogen-bond acceptors (Lipinski definition) is 6. The molecule has 0 radical (unpaired) electrons. The van der Waals surface area contributed by atoms with Crippen LogP contribution in [0.1, 0.15) is 28.4 Å². The van der Waals surface area contributed by atoms with Gasteiger partial charge in [0.1, 0.15) is 28.8 Å². The molecule has 1 aliphatic rings. The number of ether oxygens (including phenoxy) is 2. The minimum absolute atomic E-state index is 0.00286. The van der Waals surface area contributed by atoms with Gasteiger partial charge in [-0.2, -0.15) is 0 Å². The molecule has 38 heavy (non-hydrogen) atoms. The molecule has 0 aromatic heterocycles. The number of rotatable bonds is 7. The molecular formula is C28H20Cl2FNO5S. The maximum absolute atomic E-state index is 13.9. The first-order valence-electron chi connectivity index (χ1n) is 11.3. The lowest BCUT2D eigenvalue weighted by molar-refractivity contribution is -0.138. The number of thioether (sulfide) groups is 1. The molecule has 4 rings (SSSR count). The molecular weight excluding hydrogens is 552 g/mol. The average molecular weight is 572 g/mol. The summed E-state index contributed by atoms with van der Waals surface area (Å²) in [6.07, 6.45) is 1.53. The molecule has 0 saturated heterocycles. The van der Waals surface area contributed by atoms with Crippen molar-refractivity contribution >= 4 is 58.0 Å². The first kappa shape index (κ1) is 27.4. The minimum Gasteiger partial charge on any atom is -0.506 e. The largest absolute Gasteiger partial charge is 0.506 e. The first-order valence-corrected chi connectivity index (χ1v) is 12.9. The van der Waals surface area contributed by atoms with Gasteiger partial charge in [0.2, 0.25) is 0 Å². The summed E-state index contributed by atoms with van der Waals surface area (Å²) in [6, 6.07) is 17.6. The molecule has 1 aliphatic heterocycles. The second kappa shape index (κ2) is 12.3. The smallest absolute Gasteiger partial charge is 0.344 e. The topological polar surface area (TPSA) is 85.2 Å². The van der Waals surface area contributed by atoms with Crippen LogP contribution in [0.5, 0.6) is 5.75 Å². The first-order chi connectivity index (χ1) is 18.3. The van der Waals surface area contributed by atoms with E-state index in [1.807, 2.05) is 0 Å². The van der Waals surface area contributed by atoms with Crippen molar-refractivity contribution in [2.75, 3.05) is 6.61 Å². The number of benzene rings is 3. The molecule has 1 N–H and O–H groups in total. The molecule has 10 heteroatoms. The third kappa shape index (κ3) is 6.27. The normalized spacial score (nSPS) is 15.3. The Morgan fingerprint density at radius 2 is 1.71 bits per heavy atom. The van der Waals surface area contributed by atoms with Crippen molar-refractivity contribution < 1.29 is 28.6 Å². The van der Waals surface area contributed by atoms with Gasteiger partial charge in [-0.25, -0.2) is 14.2 Å². The zero-order valence-electron chi connectivity index (χ0n) is 19.9. The van der Waals surface area contributed by atoms with Gasteiger partial charge in [-0.15, -0.1) is 0 Å². The number of carbonyl (C=O) groups is 2. The second-order valence-electron chi connectivity index (χ2n) is 7.84. The predicted octanol–water partition coefficient (Wildman–Crippen LogP) is 7.41. The fraction of sp³-hybridized carbons (Fsp3) is 0.107. The predicted molar refractivity (Wildman–Crippen MR) is 147 cm³/mol. The van der Waals surface area contributed by atoms with E-state index in [0.717, 1.165) is 11.8 Å². The summed E-state index contributed by atoms with van der Waals surface area (Å²) in [6.45, 7) is 1.61. The van der Waals surface area contributed by atoms with E-state index in [4.69, 9.17) is 32.7 Å². The Kier molecular flexibility index (Phi) is 8.89. The van der Waals surface area contributed by atoms with Gasteiger partial charge in [0.25, 0.3) is 5.91 Å². The van der Waals surface area contributed by atoms with Gasteiger partial charge in [-0.05, 0) is 48.9 Å². The Bertz CT molecular complexity index is 1460. The van der Waals surface area contributed by atoms with Crippen LogP contribution in [0.25, 0.3) is 6.08 Å². The van der Waals surface area contributed by atoms with Crippen molar-refractivity contribution in [1.29, 1.82) is 0 Å². The zero-order valence-corrected chi connectivity index (χ0v) is 22.2. The molecule has 0 bridgehead atoms. The average Bonchev–Trinajstić information content (AvgIpc) is 3.19. The van der Waals surface area contributed by atoms with Crippen molar-refractivity contribution in [2.24, 2.45) is 4.99 Å². The maximum Gasteiger partial charge on any atom is 0.344 e. The van der Waals surface area contributed by atoms with Gasteiger partial charge in [-0.1, -0.05) is 71.4 Å². The fourth-order valence-electron chi connectivity index (χ4n) is 3.45. The molecule has 1 amide bonds. The van der Waals surface area contributed by atoms with Crippen LogP contribution in [0, 0.1) is 5.82 Å². The molecule has 0 unspecified atom stereocenters. The highest BCUT2D eigenvalue weighted by atomic mass is 35.5. The molecule has 6 nitrogen and oxygen atoms in total. The van der Waals surface area contributed by atoms with E-state index in [1.165, 1.54) is 12.1 Å². The van der Waals surface area contributed by atoms with Gasteiger partial charge >= 0.3 is 5.97 Å². The molecule has 3 aromatic rings. The highest BCUT2D eigenvalue weighted by Gasteiger charge is 2.34. The summed E-state index contributed by atoms with van der Waals surface area (Å²) in [5.41, 5.74) is 0.928. The lowest BCUT2D eigenvalue weighted by atomic mass is 10.1. The van der Waals surface area contributed by atoms with Gasteiger partial charge in [0, 0.05) is 11.1 Å². The molecule has 0 fully saturated rings. The Hall–Kier alpha value is -3.59. The molecule has 0 saturated carbocycles. The lowest BCUT2D eigenvalue weighted by Gasteiger charge is -2.11. The van der Waals surface area contributed by atoms with Crippen LogP contribution in [0.2, 0.25) is 10.0 Å². The number of aliphatic hydroxyl groups is 1. The molecule has 0 atom stereocenters. The summed E-state index contributed by atoms with van der Waals surface area (Å²) in [4.78, 5) is 29.5. The van der Waals surface area contributed by atoms with E-state index < -0.39 is 17.7 Å². The van der Waals surface area contributed by atoms with E-state index in [1.54, 1.807) is 67.6 Å². The summed E-state index contributed by atoms with van der Waals surface area (Å²) < 4.78 is 24.6. The van der Waals surface area contributed by atoms with Crippen molar-refractivity contribution in [1.82, 2.24) is 0 Å². The third-order valence-electron chi connectivity index (χ3n) is 5.24. The Labute approximate surface area is 232 Å². The van der Waals surface area contributed by atoms with Crippen LogP contribution >= 0.6 is 35.0 Å². The van der Waals surface area contributed by atoms with Crippen LogP contribution in [-0.2, 0) is 16.1 Å². The number of nitrogens with zero attached hydrogens (tertiary/aromatic N) is 1. The zero-order chi connectivity index (χ0) is 27.2. The van der Waals surface area contributed by atoms with E-state index in [-0.39, 0.29) is 50.3 Å². The van der Waals surface area contributed by atoms with E-state index in [2.05, 4.69) is 4.99 Å². The van der Waals surface area contributed by atoms with Crippen LogP contribution in [0.15, 0.2) is 88.0 Å². The Balaban J connectivity index is 1.63. The Morgan fingerprint density at radius 3 is 2.37 bits per heavy atom. The Morgan fingerprint density at radius 1 is 1.05 bits per heavy atom. The van der Waals surface area contributed by atoms with Gasteiger partial charge < -0.3 is 14.6 Å². The van der Waals surface area contributed by atoms with Gasteiger partial charge in [-0.3, -0.25) is 4.79 Å². The number of carbonyl (C=O) groups excluding carboxylic acids is 2. The summed E-state index contributed by atoms with van der Waals surface area (Å²) in [5, 5.41) is 11.2. The van der Waals surface area contributed by atoms with Gasteiger partial charge in [0.15, 0.2) is 5.75 Å². The number of amides is 1. The fourth-order valence-corrected chi connectivity index (χ4v) is 5.07. The molecule has 3 aromatic carbocycles. The van der Waals surface area contributed by atoms with Crippen LogP contribution < -0.4 is 4.74 Å². The standard InChI is InChI=1S/C28H20Cl2FNO5S/c1-2-36-28(35)23-24(33)22(38-27(23)32-26(34)17-8-4-3-5-9-17)14-16-12-19(29)25(20(30)13-16)37-15-18-10-6-7-11-21(18)31/h3-14,33H,2,15H2,1H3/b22-14-,32-27?. The monoisotopic (exact) mass is 571 g/mol. The molecule has 0 spiro atoms. The number of halogens is 3. The van der Waals surface area contributed by atoms with Crippen LogP contribution in [0.3, 0.4) is 0 Å². The number of aliphatic hydroxyl groups excluding tert-OH is 1. The SMILES string of the molecule is CCOC(=O)C1=C(O)/C(=C/c2cc(Cl)c(OCc3ccccc3F)c(Cl)c2)SC1=NC(=O)c1ccccc1. The number of esters is 1. The summed E-state index contributed by atoms with van der Waals surface area (Å²) in [7, 11) is 0. The summed E-state index contributed by atoms with van der Waals surface area (Å²) in [5.74, 6) is -2.03. The number of aliphatic imine (C=N–C) groups is 1. The lowest BCUT2D eigenvalue weighted by Crippen LogP contribution is -2.14. The number of hydrogen-bond donors (Lipinski definition) is 1. The van der Waals surface area contributed by atoms with Gasteiger partial charge in [0.05, 0.1) is 21.6 Å². The highest BCUT2D eigenvalue weighted by molar-refractivity contribution is 8.18. The molecule has 1 heterocycles. The molecule has 0 aliphatic carbocycles. The van der Waals surface area contributed by atoms with Crippen molar-refractivity contribution in [3.05, 3.63) is 116 Å². The van der Waals surface area contributed by atoms with Crippen molar-refractivity contribution in [3.63, 3.8) is 0 Å². The molecule has 194 valence electrons. The minimum atomic E-state index is -0.812. The van der Waals surface area contributed by atoms with E-state index in [9.17, 15) is 19.1 Å². The van der Waals surface area contributed by atoms with Crippen molar-refractivity contribution in [2.45, 2.75) is 13.5 Å². The van der Waals surface area contributed by atoms with Crippen molar-refractivity contribution in [3.8, 4) is 5.75 Å². The van der Waals surface area contributed by atoms with Crippen LogP contribution in [-0.4, -0.2) is 28.6 Å². The second-order valence-corrected chi connectivity index (χ2v) is 9.68. The quantitative estimate of drug-likeness (QED) is 0.297. The summed E-state index contributed by atoms with van der Waals surface area (Å²) >= 11 is 13.7. The highest BCUT2D eigenvalue weighted by Crippen LogP contribution is 2.41. The van der Waals surface area contributed by atoms with E-state index >= 15 is 0 Å². The maximum atomic E-state index is 13.9.